The molecule has 2 unspecified atom stereocenters. The van der Waals surface area contributed by atoms with Crippen LogP contribution in [0.1, 0.15) is 51.4 Å². The quantitative estimate of drug-likeness (QED) is 0.800. The molecule has 1 saturated heterocycles. The summed E-state index contributed by atoms with van der Waals surface area (Å²) in [6, 6.07) is 1.72. The van der Waals surface area contributed by atoms with Crippen molar-refractivity contribution >= 4 is 5.91 Å². The fourth-order valence-corrected chi connectivity index (χ4v) is 6.96. The lowest BCUT2D eigenvalue weighted by molar-refractivity contribution is -0.177. The van der Waals surface area contributed by atoms with Crippen molar-refractivity contribution in [2.45, 2.75) is 75.1 Å². The van der Waals surface area contributed by atoms with Crippen molar-refractivity contribution in [2.75, 3.05) is 0 Å². The summed E-state index contributed by atoms with van der Waals surface area (Å²) in [4.78, 5) is 14.9. The number of hydrogen-bond acceptors (Lipinski definition) is 4. The fourth-order valence-electron chi connectivity index (χ4n) is 6.96. The number of aliphatic hydroxyl groups is 1. The lowest BCUT2D eigenvalue weighted by Gasteiger charge is -2.61. The van der Waals surface area contributed by atoms with Gasteiger partial charge in [-0.2, -0.15) is 5.26 Å². The van der Waals surface area contributed by atoms with Crippen molar-refractivity contribution in [3.63, 3.8) is 0 Å². The van der Waals surface area contributed by atoms with Gasteiger partial charge in [0, 0.05) is 6.04 Å². The molecule has 0 spiro atoms. The highest BCUT2D eigenvalue weighted by Crippen LogP contribution is 2.63. The molecule has 0 aromatic heterocycles. The molecule has 5 aliphatic carbocycles. The Morgan fingerprint density at radius 2 is 1.91 bits per heavy atom. The first-order valence-corrected chi connectivity index (χ1v) is 9.13. The second kappa shape index (κ2) is 4.29. The number of amides is 1. The normalized spacial score (nSPS) is 53.8. The molecule has 1 amide bonds. The van der Waals surface area contributed by atoms with Crippen LogP contribution in [0.5, 0.6) is 0 Å². The van der Waals surface area contributed by atoms with E-state index < -0.39 is 11.6 Å². The maximum absolute atomic E-state index is 13.1. The molecule has 1 heterocycles. The van der Waals surface area contributed by atoms with Gasteiger partial charge in [-0.1, -0.05) is 0 Å². The van der Waals surface area contributed by atoms with E-state index in [2.05, 4.69) is 6.07 Å². The number of fused-ring (bicyclic) bond motifs is 1. The smallest absolute Gasteiger partial charge is 0.241 e. The summed E-state index contributed by atoms with van der Waals surface area (Å²) in [7, 11) is 0. The predicted octanol–water partition coefficient (Wildman–Crippen LogP) is 1.16. The van der Waals surface area contributed by atoms with Crippen LogP contribution in [0, 0.1) is 34.5 Å². The molecule has 23 heavy (non-hydrogen) atoms. The van der Waals surface area contributed by atoms with Gasteiger partial charge in [-0.15, -0.1) is 0 Å². The third-order valence-electron chi connectivity index (χ3n) is 7.51. The maximum Gasteiger partial charge on any atom is 0.241 e. The third kappa shape index (κ3) is 1.88. The van der Waals surface area contributed by atoms with Crippen molar-refractivity contribution in [2.24, 2.45) is 28.9 Å². The van der Waals surface area contributed by atoms with Crippen LogP contribution in [0.25, 0.3) is 0 Å². The van der Waals surface area contributed by atoms with E-state index in [9.17, 15) is 15.2 Å². The molecule has 6 rings (SSSR count). The van der Waals surface area contributed by atoms with E-state index >= 15 is 0 Å². The van der Waals surface area contributed by atoms with Gasteiger partial charge in [0.25, 0.3) is 0 Å². The van der Waals surface area contributed by atoms with Crippen LogP contribution in [-0.2, 0) is 4.79 Å². The van der Waals surface area contributed by atoms with Gasteiger partial charge in [0.05, 0.1) is 17.7 Å². The van der Waals surface area contributed by atoms with Gasteiger partial charge in [0.15, 0.2) is 0 Å². The van der Waals surface area contributed by atoms with Crippen LogP contribution in [0.3, 0.4) is 0 Å². The summed E-state index contributed by atoms with van der Waals surface area (Å²) >= 11 is 0. The van der Waals surface area contributed by atoms with Crippen molar-refractivity contribution in [1.29, 1.82) is 5.26 Å². The molecule has 4 bridgehead atoms. The van der Waals surface area contributed by atoms with E-state index in [4.69, 9.17) is 5.73 Å². The minimum absolute atomic E-state index is 0.0212. The van der Waals surface area contributed by atoms with Crippen LogP contribution in [0.15, 0.2) is 0 Å². The second-order valence-corrected chi connectivity index (χ2v) is 9.21. The van der Waals surface area contributed by atoms with E-state index in [1.165, 1.54) is 6.42 Å². The van der Waals surface area contributed by atoms with Crippen LogP contribution >= 0.6 is 0 Å². The molecule has 5 nitrogen and oxygen atoms in total. The lowest BCUT2D eigenvalue weighted by Crippen LogP contribution is -2.64. The highest BCUT2D eigenvalue weighted by molar-refractivity contribution is 5.84. The average Bonchev–Trinajstić information content (AvgIpc) is 3.14. The molecule has 5 heteroatoms. The average molecular weight is 315 g/mol. The highest BCUT2D eigenvalue weighted by Gasteiger charge is 2.62. The monoisotopic (exact) mass is 315 g/mol. The predicted molar refractivity (Wildman–Crippen MR) is 82.8 cm³/mol. The van der Waals surface area contributed by atoms with Crippen molar-refractivity contribution < 1.29 is 9.90 Å². The lowest BCUT2D eigenvalue weighted by atomic mass is 9.46. The minimum atomic E-state index is -0.594. The molecular formula is C18H25N3O2. The number of nitrogens with two attached hydrogens (primary N) is 1. The Morgan fingerprint density at radius 3 is 2.52 bits per heavy atom. The van der Waals surface area contributed by atoms with E-state index in [0.29, 0.717) is 24.2 Å². The molecule has 6 aliphatic rings. The number of piperidine rings is 1. The van der Waals surface area contributed by atoms with E-state index in [1.807, 2.05) is 0 Å². The summed E-state index contributed by atoms with van der Waals surface area (Å²) < 4.78 is 0. The van der Waals surface area contributed by atoms with Crippen molar-refractivity contribution in [1.82, 2.24) is 4.90 Å². The molecule has 0 aromatic carbocycles. The Balaban J connectivity index is 1.43. The summed E-state index contributed by atoms with van der Waals surface area (Å²) in [6.07, 6.45) is 7.48. The number of rotatable bonds is 2. The standard InChI is InChI=1S/C18H25N3O2/c19-8-13-2-12-3-14(12)21(13)16(22)15(20)17-4-10-1-11(5-17)7-18(23,6-10)9-17/h10-15,23H,1-7,9,20H2/t10-,11+,12-,13-,14+,15+,17?,18?/m0/s1. The molecule has 3 N–H and O–H groups in total. The van der Waals surface area contributed by atoms with Crippen LogP contribution in [0.4, 0.5) is 0 Å². The van der Waals surface area contributed by atoms with E-state index in [-0.39, 0.29) is 23.4 Å². The van der Waals surface area contributed by atoms with Crippen LogP contribution in [0.2, 0.25) is 0 Å². The zero-order valence-corrected chi connectivity index (χ0v) is 13.4. The number of carbonyl (C=O) groups excluding carboxylic acids is 1. The van der Waals surface area contributed by atoms with Crippen LogP contribution < -0.4 is 5.73 Å². The summed E-state index contributed by atoms with van der Waals surface area (Å²) in [5.41, 5.74) is 5.71. The number of hydrogen-bond donors (Lipinski definition) is 2. The Labute approximate surface area is 136 Å². The summed E-state index contributed by atoms with van der Waals surface area (Å²) in [5, 5.41) is 20.2. The Kier molecular flexibility index (Phi) is 2.65. The first-order valence-electron chi connectivity index (χ1n) is 9.13. The number of nitrogens with zero attached hydrogens (tertiary/aromatic N) is 2. The SMILES string of the molecule is N#C[C@@H]1C[C@H]2C[C@H]2N1C(=O)[C@@H](N)C12C[C@@H]3C[C@@H](CC(O)(C3)C1)C2. The Hall–Kier alpha value is -1.12. The Bertz CT molecular complexity index is 598. The molecule has 6 fully saturated rings. The van der Waals surface area contributed by atoms with Gasteiger partial charge in [-0.25, -0.2) is 0 Å². The first-order chi connectivity index (χ1) is 10.9. The zero-order chi connectivity index (χ0) is 16.0. The molecule has 0 aromatic rings. The van der Waals surface area contributed by atoms with E-state index in [0.717, 1.165) is 38.5 Å². The van der Waals surface area contributed by atoms with Gasteiger partial charge in [-0.3, -0.25) is 4.79 Å². The number of nitriles is 1. The minimum Gasteiger partial charge on any atom is -0.390 e. The number of likely N-dealkylation sites (tertiary alicyclic amines) is 1. The molecule has 5 saturated carbocycles. The fraction of sp³-hybridized carbons (Fsp3) is 0.889. The highest BCUT2D eigenvalue weighted by atomic mass is 16.3. The number of carbonyl (C=O) groups is 1. The van der Waals surface area contributed by atoms with Gasteiger partial charge in [0.2, 0.25) is 5.91 Å². The summed E-state index contributed by atoms with van der Waals surface area (Å²) in [5.74, 6) is 1.56. The van der Waals surface area contributed by atoms with Crippen molar-refractivity contribution in [3.05, 3.63) is 0 Å². The van der Waals surface area contributed by atoms with Gasteiger partial charge < -0.3 is 15.7 Å². The third-order valence-corrected chi connectivity index (χ3v) is 7.51. The molecule has 1 aliphatic heterocycles. The first kappa shape index (κ1) is 14.2. The van der Waals surface area contributed by atoms with Gasteiger partial charge in [-0.05, 0) is 74.5 Å². The Morgan fingerprint density at radius 1 is 1.22 bits per heavy atom. The summed E-state index contributed by atoms with van der Waals surface area (Å²) in [6.45, 7) is 0. The molecule has 0 radical (unpaired) electrons. The zero-order valence-electron chi connectivity index (χ0n) is 13.4. The van der Waals surface area contributed by atoms with E-state index in [1.54, 1.807) is 4.90 Å². The molecule has 8 atom stereocenters. The van der Waals surface area contributed by atoms with Gasteiger partial charge >= 0.3 is 0 Å². The topological polar surface area (TPSA) is 90.4 Å². The second-order valence-electron chi connectivity index (χ2n) is 9.21. The van der Waals surface area contributed by atoms with Crippen LogP contribution in [-0.4, -0.2) is 39.6 Å². The van der Waals surface area contributed by atoms with Crippen molar-refractivity contribution in [3.8, 4) is 6.07 Å². The van der Waals surface area contributed by atoms with Gasteiger partial charge in [0.1, 0.15) is 6.04 Å². The maximum atomic E-state index is 13.1. The largest absolute Gasteiger partial charge is 0.390 e. The molecule has 124 valence electrons. The molecular weight excluding hydrogens is 290 g/mol.